The van der Waals surface area contributed by atoms with Gasteiger partial charge in [-0.05, 0) is 23.8 Å². The van der Waals surface area contributed by atoms with Crippen LogP contribution in [0.25, 0.3) is 27.8 Å². The molecule has 5 heterocycles. The van der Waals surface area contributed by atoms with Crippen LogP contribution in [0, 0.1) is 11.3 Å². The molecule has 1 unspecified atom stereocenters. The van der Waals surface area contributed by atoms with Gasteiger partial charge in [0, 0.05) is 80.6 Å². The van der Waals surface area contributed by atoms with Gasteiger partial charge in [0.15, 0.2) is 0 Å². The Morgan fingerprint density at radius 1 is 0.921 bits per heavy atom. The van der Waals surface area contributed by atoms with Gasteiger partial charge in [-0.1, -0.05) is 30.3 Å². The lowest BCUT2D eigenvalue weighted by Gasteiger charge is -2.36. The minimum atomic E-state index is -0.485. The number of fused-ring (bicyclic) bond motifs is 1. The quantitative estimate of drug-likeness (QED) is 0.378. The third-order valence-corrected chi connectivity index (χ3v) is 7.14. The van der Waals surface area contributed by atoms with Gasteiger partial charge in [0.1, 0.15) is 11.9 Å². The SMILES string of the molecule is Cn1cc(-c2cc(-c3ccc(N4CCN(CC(O)c5ccccc5)CC4)nc3)c3c(C#N)cnn3c2)cn1. The molecule has 0 amide bonds. The highest BCUT2D eigenvalue weighted by Gasteiger charge is 2.21. The summed E-state index contributed by atoms with van der Waals surface area (Å²) in [6.45, 7) is 4.04. The first-order chi connectivity index (χ1) is 18.6. The van der Waals surface area contributed by atoms with E-state index in [-0.39, 0.29) is 0 Å². The average Bonchev–Trinajstić information content (AvgIpc) is 3.59. The van der Waals surface area contributed by atoms with Gasteiger partial charge in [0.05, 0.1) is 29.6 Å². The fourth-order valence-corrected chi connectivity index (χ4v) is 5.07. The second kappa shape index (κ2) is 10.1. The molecule has 0 aliphatic carbocycles. The molecule has 1 saturated heterocycles. The summed E-state index contributed by atoms with van der Waals surface area (Å²) in [7, 11) is 1.89. The summed E-state index contributed by atoms with van der Waals surface area (Å²) in [4.78, 5) is 9.37. The van der Waals surface area contributed by atoms with Crippen LogP contribution in [0.5, 0.6) is 0 Å². The van der Waals surface area contributed by atoms with E-state index in [1.165, 1.54) is 0 Å². The Kier molecular flexibility index (Phi) is 6.33. The minimum absolute atomic E-state index is 0.485. The summed E-state index contributed by atoms with van der Waals surface area (Å²) in [6, 6.07) is 18.3. The Labute approximate surface area is 220 Å². The van der Waals surface area contributed by atoms with Crippen molar-refractivity contribution in [1.29, 1.82) is 5.26 Å². The first-order valence-corrected chi connectivity index (χ1v) is 12.7. The van der Waals surface area contributed by atoms with Crippen molar-refractivity contribution >= 4 is 11.3 Å². The van der Waals surface area contributed by atoms with Gasteiger partial charge in [-0.25, -0.2) is 9.50 Å². The number of nitriles is 1. The van der Waals surface area contributed by atoms with Gasteiger partial charge in [0.25, 0.3) is 0 Å². The summed E-state index contributed by atoms with van der Waals surface area (Å²) in [5.74, 6) is 0.922. The number of anilines is 1. The summed E-state index contributed by atoms with van der Waals surface area (Å²) < 4.78 is 3.52. The highest BCUT2D eigenvalue weighted by Crippen LogP contribution is 2.32. The number of aryl methyl sites for hydroxylation is 1. The van der Waals surface area contributed by atoms with E-state index in [1.54, 1.807) is 15.4 Å². The predicted molar refractivity (Wildman–Crippen MR) is 145 cm³/mol. The smallest absolute Gasteiger partial charge is 0.128 e. The number of aliphatic hydroxyl groups is 1. The number of benzene rings is 1. The Morgan fingerprint density at radius 2 is 1.74 bits per heavy atom. The number of aliphatic hydroxyl groups excluding tert-OH is 1. The maximum Gasteiger partial charge on any atom is 0.128 e. The number of hydrogen-bond donors (Lipinski definition) is 1. The van der Waals surface area contributed by atoms with Gasteiger partial charge < -0.3 is 10.0 Å². The van der Waals surface area contributed by atoms with Crippen molar-refractivity contribution in [2.45, 2.75) is 6.10 Å². The lowest BCUT2D eigenvalue weighted by atomic mass is 10.0. The van der Waals surface area contributed by atoms with E-state index in [4.69, 9.17) is 4.98 Å². The molecule has 9 nitrogen and oxygen atoms in total. The van der Waals surface area contributed by atoms with Crippen LogP contribution in [0.4, 0.5) is 5.82 Å². The molecule has 0 saturated carbocycles. The number of rotatable bonds is 6. The number of pyridine rings is 2. The van der Waals surface area contributed by atoms with Crippen LogP contribution in [0.2, 0.25) is 0 Å². The number of piperazine rings is 1. The predicted octanol–water partition coefficient (Wildman–Crippen LogP) is 3.52. The molecule has 9 heteroatoms. The van der Waals surface area contributed by atoms with Crippen molar-refractivity contribution < 1.29 is 5.11 Å². The molecule has 4 aromatic heterocycles. The molecular formula is C29H28N8O. The number of aromatic nitrogens is 5. The van der Waals surface area contributed by atoms with Crippen molar-refractivity contribution in [3.8, 4) is 28.3 Å². The first-order valence-electron chi connectivity index (χ1n) is 12.7. The number of nitrogens with zero attached hydrogens (tertiary/aromatic N) is 8. The van der Waals surface area contributed by atoms with Crippen LogP contribution in [-0.4, -0.2) is 67.1 Å². The fourth-order valence-electron chi connectivity index (χ4n) is 5.07. The van der Waals surface area contributed by atoms with Crippen molar-refractivity contribution in [2.24, 2.45) is 7.05 Å². The van der Waals surface area contributed by atoms with Crippen LogP contribution in [0.1, 0.15) is 17.2 Å². The molecule has 190 valence electrons. The normalized spacial score (nSPS) is 15.0. The molecule has 0 radical (unpaired) electrons. The number of β-amino-alcohol motifs (C(OH)–C–C–N with tert-alkyl or cyclic N) is 1. The molecule has 1 N–H and O–H groups in total. The zero-order valence-electron chi connectivity index (χ0n) is 21.1. The molecule has 1 aromatic carbocycles. The Morgan fingerprint density at radius 3 is 2.42 bits per heavy atom. The zero-order chi connectivity index (χ0) is 26.1. The van der Waals surface area contributed by atoms with E-state index < -0.39 is 6.10 Å². The van der Waals surface area contributed by atoms with E-state index >= 15 is 0 Å². The molecule has 5 aromatic rings. The van der Waals surface area contributed by atoms with Crippen molar-refractivity contribution in [1.82, 2.24) is 29.3 Å². The van der Waals surface area contributed by atoms with Crippen molar-refractivity contribution in [2.75, 3.05) is 37.6 Å². The maximum absolute atomic E-state index is 10.6. The van der Waals surface area contributed by atoms with Gasteiger partial charge in [-0.3, -0.25) is 9.58 Å². The molecule has 0 bridgehead atoms. The van der Waals surface area contributed by atoms with Gasteiger partial charge in [-0.15, -0.1) is 0 Å². The molecule has 38 heavy (non-hydrogen) atoms. The van der Waals surface area contributed by atoms with Gasteiger partial charge >= 0.3 is 0 Å². The fraction of sp³-hybridized carbons (Fsp3) is 0.241. The first kappa shape index (κ1) is 23.9. The highest BCUT2D eigenvalue weighted by molar-refractivity contribution is 5.87. The molecule has 1 aliphatic heterocycles. The number of hydrogen-bond acceptors (Lipinski definition) is 7. The van der Waals surface area contributed by atoms with Gasteiger partial charge in [-0.2, -0.15) is 15.5 Å². The summed E-state index contributed by atoms with van der Waals surface area (Å²) in [5.41, 5.74) is 6.00. The Balaban J connectivity index is 1.20. The average molecular weight is 505 g/mol. The molecule has 1 aliphatic rings. The molecule has 1 fully saturated rings. The Bertz CT molecular complexity index is 1590. The summed E-state index contributed by atoms with van der Waals surface area (Å²) in [6.07, 6.45) is 8.69. The molecule has 0 spiro atoms. The van der Waals surface area contributed by atoms with E-state index in [0.717, 1.165) is 65.3 Å². The third kappa shape index (κ3) is 4.63. The van der Waals surface area contributed by atoms with Gasteiger partial charge in [0.2, 0.25) is 0 Å². The van der Waals surface area contributed by atoms with Crippen molar-refractivity contribution in [3.63, 3.8) is 0 Å². The monoisotopic (exact) mass is 504 g/mol. The van der Waals surface area contributed by atoms with E-state index in [9.17, 15) is 10.4 Å². The van der Waals surface area contributed by atoms with E-state index in [2.05, 4.69) is 38.2 Å². The van der Waals surface area contributed by atoms with E-state index in [0.29, 0.717) is 12.1 Å². The maximum atomic E-state index is 10.6. The van der Waals surface area contributed by atoms with Crippen LogP contribution in [0.3, 0.4) is 0 Å². The molecule has 1 atom stereocenters. The van der Waals surface area contributed by atoms with Crippen molar-refractivity contribution in [3.05, 3.63) is 90.6 Å². The lowest BCUT2D eigenvalue weighted by molar-refractivity contribution is 0.109. The standard InChI is InChI=1S/C29H28N8O/c1-34-18-25(17-32-34)23-13-26(29-24(14-30)16-33-37(29)19-23)22-7-8-28(31-15-22)36-11-9-35(10-12-36)20-27(38)21-5-3-2-4-6-21/h2-8,13,15-19,27,38H,9-12,20H2,1H3. The van der Waals surface area contributed by atoms with Crippen LogP contribution in [-0.2, 0) is 7.05 Å². The lowest BCUT2D eigenvalue weighted by Crippen LogP contribution is -2.47. The molecule has 6 rings (SSSR count). The zero-order valence-corrected chi connectivity index (χ0v) is 21.1. The topological polar surface area (TPSA) is 98.5 Å². The van der Waals surface area contributed by atoms with Crippen LogP contribution < -0.4 is 4.90 Å². The van der Waals surface area contributed by atoms with E-state index in [1.807, 2.05) is 68.2 Å². The largest absolute Gasteiger partial charge is 0.387 e. The Hall–Kier alpha value is -4.52. The highest BCUT2D eigenvalue weighted by atomic mass is 16.3. The summed E-state index contributed by atoms with van der Waals surface area (Å²) in [5, 5.41) is 29.0. The van der Waals surface area contributed by atoms with Crippen LogP contribution >= 0.6 is 0 Å². The minimum Gasteiger partial charge on any atom is -0.387 e. The third-order valence-electron chi connectivity index (χ3n) is 7.14. The molecular weight excluding hydrogens is 476 g/mol. The second-order valence-electron chi connectivity index (χ2n) is 9.63. The second-order valence-corrected chi connectivity index (χ2v) is 9.63. The van der Waals surface area contributed by atoms with Crippen LogP contribution in [0.15, 0.2) is 79.5 Å². The summed E-state index contributed by atoms with van der Waals surface area (Å²) >= 11 is 0.